The van der Waals surface area contributed by atoms with Crippen LogP contribution in [0.5, 0.6) is 6.01 Å². The van der Waals surface area contributed by atoms with Crippen LogP contribution in [0.25, 0.3) is 0 Å². The molecular weight excluding hydrogens is 422 g/mol. The van der Waals surface area contributed by atoms with Gasteiger partial charge in [0.05, 0.1) is 26.4 Å². The van der Waals surface area contributed by atoms with E-state index in [1.807, 2.05) is 6.07 Å². The summed E-state index contributed by atoms with van der Waals surface area (Å²) in [6, 6.07) is 8.15. The first kappa shape index (κ1) is 23.4. The fourth-order valence-corrected chi connectivity index (χ4v) is 3.83. The molecule has 4 rings (SSSR count). The molecule has 178 valence electrons. The lowest BCUT2D eigenvalue weighted by molar-refractivity contribution is 0.0317. The first-order valence-corrected chi connectivity index (χ1v) is 11.6. The van der Waals surface area contributed by atoms with E-state index in [1.54, 1.807) is 6.07 Å². The summed E-state index contributed by atoms with van der Waals surface area (Å²) in [4.78, 5) is 26.3. The van der Waals surface area contributed by atoms with Crippen LogP contribution in [0.2, 0.25) is 0 Å². The molecule has 3 heterocycles. The maximum atomic E-state index is 13.0. The van der Waals surface area contributed by atoms with E-state index >= 15 is 0 Å². The van der Waals surface area contributed by atoms with Crippen molar-refractivity contribution in [1.29, 1.82) is 0 Å². The highest BCUT2D eigenvalue weighted by Crippen LogP contribution is 2.18. The number of hydrogen-bond donors (Lipinski definition) is 1. The van der Waals surface area contributed by atoms with E-state index in [9.17, 15) is 4.79 Å². The first-order valence-electron chi connectivity index (χ1n) is 11.6. The smallest absolute Gasteiger partial charge is 0.319 e. The molecule has 1 aromatic carbocycles. The molecule has 0 spiro atoms. The second-order valence-electron chi connectivity index (χ2n) is 8.40. The van der Waals surface area contributed by atoms with E-state index in [0.717, 1.165) is 38.4 Å². The zero-order valence-electron chi connectivity index (χ0n) is 19.5. The van der Waals surface area contributed by atoms with Gasteiger partial charge >= 0.3 is 6.01 Å². The predicted molar refractivity (Wildman–Crippen MR) is 125 cm³/mol. The molecule has 2 saturated heterocycles. The Kier molecular flexibility index (Phi) is 8.09. The summed E-state index contributed by atoms with van der Waals surface area (Å²) in [5.74, 6) is 0.439. The molecule has 1 amide bonds. The van der Waals surface area contributed by atoms with Crippen LogP contribution in [-0.4, -0.2) is 86.5 Å². The van der Waals surface area contributed by atoms with E-state index in [-0.39, 0.29) is 11.9 Å². The number of anilines is 1. The fraction of sp³-hybridized carbons (Fsp3) is 0.542. The summed E-state index contributed by atoms with van der Waals surface area (Å²) in [6.45, 7) is 11.8. The quantitative estimate of drug-likeness (QED) is 0.642. The minimum absolute atomic E-state index is 0.226. The largest absolute Gasteiger partial charge is 0.462 e. The van der Waals surface area contributed by atoms with Crippen molar-refractivity contribution >= 4 is 11.7 Å². The Hall–Kier alpha value is -2.75. The van der Waals surface area contributed by atoms with E-state index in [1.165, 1.54) is 11.1 Å². The van der Waals surface area contributed by atoms with Crippen LogP contribution in [0.3, 0.4) is 0 Å². The maximum absolute atomic E-state index is 13.0. The van der Waals surface area contributed by atoms with Crippen molar-refractivity contribution in [2.45, 2.75) is 20.4 Å². The Bertz CT molecular complexity index is 942. The van der Waals surface area contributed by atoms with Gasteiger partial charge in [-0.25, -0.2) is 0 Å². The summed E-state index contributed by atoms with van der Waals surface area (Å²) in [5.41, 5.74) is 3.79. The number of carbonyl (C=O) groups excluding carboxylic acids is 1. The second kappa shape index (κ2) is 11.4. The van der Waals surface area contributed by atoms with Gasteiger partial charge in [0.1, 0.15) is 18.1 Å². The minimum Gasteiger partial charge on any atom is -0.462 e. The number of hydrogen-bond acceptors (Lipinski definition) is 8. The van der Waals surface area contributed by atoms with Crippen LogP contribution >= 0.6 is 0 Å². The number of rotatable bonds is 8. The molecule has 1 N–H and O–H groups in total. The van der Waals surface area contributed by atoms with Crippen LogP contribution in [0.1, 0.15) is 27.2 Å². The Morgan fingerprint density at radius 3 is 2.45 bits per heavy atom. The van der Waals surface area contributed by atoms with Gasteiger partial charge in [-0.2, -0.15) is 9.97 Å². The number of carbonyl (C=O) groups is 1. The Morgan fingerprint density at radius 1 is 1.00 bits per heavy atom. The Morgan fingerprint density at radius 2 is 1.73 bits per heavy atom. The average Bonchev–Trinajstić information content (AvgIpc) is 2.85. The molecule has 0 bridgehead atoms. The van der Waals surface area contributed by atoms with Crippen LogP contribution in [0, 0.1) is 13.8 Å². The van der Waals surface area contributed by atoms with Gasteiger partial charge in [0.15, 0.2) is 0 Å². The topological polar surface area (TPSA) is 89.1 Å². The monoisotopic (exact) mass is 455 g/mol. The lowest BCUT2D eigenvalue weighted by atomic mass is 10.1. The lowest BCUT2D eigenvalue weighted by Crippen LogP contribution is -2.39. The number of nitrogens with one attached hydrogen (secondary N) is 1. The number of nitrogens with zero attached hydrogens (tertiary/aromatic N) is 4. The van der Waals surface area contributed by atoms with Gasteiger partial charge in [-0.1, -0.05) is 18.2 Å². The summed E-state index contributed by atoms with van der Waals surface area (Å²) >= 11 is 0. The highest BCUT2D eigenvalue weighted by atomic mass is 16.5. The Balaban J connectivity index is 1.44. The van der Waals surface area contributed by atoms with Gasteiger partial charge in [0.25, 0.3) is 5.91 Å². The molecule has 0 saturated carbocycles. The molecule has 2 fully saturated rings. The zero-order valence-corrected chi connectivity index (χ0v) is 19.5. The van der Waals surface area contributed by atoms with E-state index in [0.29, 0.717) is 51.0 Å². The van der Waals surface area contributed by atoms with Gasteiger partial charge in [0.2, 0.25) is 0 Å². The van der Waals surface area contributed by atoms with Crippen LogP contribution in [-0.2, 0) is 16.0 Å². The van der Waals surface area contributed by atoms with Crippen LogP contribution in [0.15, 0.2) is 24.3 Å². The molecule has 0 aliphatic carbocycles. The third kappa shape index (κ3) is 6.63. The number of aromatic nitrogens is 2. The number of ether oxygens (including phenoxy) is 3. The standard InChI is InChI=1S/C24H33N5O4/c1-18-3-4-20(15-19(18)2)17-25-23(30)21-16-22(29-8-12-32-13-9-29)27-24(26-21)33-14-7-28-5-10-31-11-6-28/h3-4,15-16H,5-14,17H2,1-2H3,(H,25,30). The molecule has 0 radical (unpaired) electrons. The molecule has 0 unspecified atom stereocenters. The molecule has 9 heteroatoms. The molecule has 2 aliphatic heterocycles. The zero-order chi connectivity index (χ0) is 23.0. The van der Waals surface area contributed by atoms with Crippen molar-refractivity contribution in [3.8, 4) is 6.01 Å². The lowest BCUT2D eigenvalue weighted by Gasteiger charge is -2.28. The summed E-state index contributed by atoms with van der Waals surface area (Å²) in [7, 11) is 0. The van der Waals surface area contributed by atoms with E-state index in [2.05, 4.69) is 51.1 Å². The second-order valence-corrected chi connectivity index (χ2v) is 8.40. The van der Waals surface area contributed by atoms with Gasteiger partial charge in [-0.3, -0.25) is 9.69 Å². The third-order valence-corrected chi connectivity index (χ3v) is 6.03. The molecular formula is C24H33N5O4. The van der Waals surface area contributed by atoms with Crippen molar-refractivity contribution in [2.75, 3.05) is 70.7 Å². The van der Waals surface area contributed by atoms with Crippen molar-refractivity contribution in [3.63, 3.8) is 0 Å². The molecule has 2 aliphatic rings. The third-order valence-electron chi connectivity index (χ3n) is 6.03. The SMILES string of the molecule is Cc1ccc(CNC(=O)c2cc(N3CCOCC3)nc(OCCN3CCOCC3)n2)cc1C. The van der Waals surface area contributed by atoms with Gasteiger partial charge < -0.3 is 24.4 Å². The number of benzene rings is 1. The average molecular weight is 456 g/mol. The summed E-state index contributed by atoms with van der Waals surface area (Å²) < 4.78 is 16.7. The first-order chi connectivity index (χ1) is 16.1. The summed E-state index contributed by atoms with van der Waals surface area (Å²) in [5, 5.41) is 2.98. The van der Waals surface area contributed by atoms with E-state index < -0.39 is 0 Å². The van der Waals surface area contributed by atoms with Gasteiger partial charge in [0, 0.05) is 45.3 Å². The predicted octanol–water partition coefficient (Wildman–Crippen LogP) is 1.57. The van der Waals surface area contributed by atoms with E-state index in [4.69, 9.17) is 14.2 Å². The normalized spacial score (nSPS) is 17.1. The highest BCUT2D eigenvalue weighted by Gasteiger charge is 2.19. The van der Waals surface area contributed by atoms with Crippen LogP contribution in [0.4, 0.5) is 5.82 Å². The molecule has 9 nitrogen and oxygen atoms in total. The van der Waals surface area contributed by atoms with Crippen molar-refractivity contribution in [2.24, 2.45) is 0 Å². The summed E-state index contributed by atoms with van der Waals surface area (Å²) in [6.07, 6.45) is 0. The number of aryl methyl sites for hydroxylation is 2. The van der Waals surface area contributed by atoms with Crippen LogP contribution < -0.4 is 15.0 Å². The van der Waals surface area contributed by atoms with Crippen molar-refractivity contribution in [3.05, 3.63) is 46.6 Å². The molecule has 1 aromatic heterocycles. The fourth-order valence-electron chi connectivity index (χ4n) is 3.83. The Labute approximate surface area is 195 Å². The molecule has 33 heavy (non-hydrogen) atoms. The van der Waals surface area contributed by atoms with Gasteiger partial charge in [-0.05, 0) is 30.5 Å². The minimum atomic E-state index is -0.247. The van der Waals surface area contributed by atoms with Gasteiger partial charge in [-0.15, -0.1) is 0 Å². The van der Waals surface area contributed by atoms with Crippen molar-refractivity contribution in [1.82, 2.24) is 20.2 Å². The van der Waals surface area contributed by atoms with Crippen molar-refractivity contribution < 1.29 is 19.0 Å². The maximum Gasteiger partial charge on any atom is 0.319 e. The molecule has 0 atom stereocenters. The highest BCUT2D eigenvalue weighted by molar-refractivity contribution is 5.93. The number of amides is 1. The molecule has 2 aromatic rings. The number of morpholine rings is 2.